The summed E-state index contributed by atoms with van der Waals surface area (Å²) in [6.07, 6.45) is 0. The van der Waals surface area contributed by atoms with Crippen molar-refractivity contribution in [3.8, 4) is 5.75 Å². The quantitative estimate of drug-likeness (QED) is 0.597. The molecule has 0 atom stereocenters. The summed E-state index contributed by atoms with van der Waals surface area (Å²) in [5, 5.41) is 12.3. The Hall–Kier alpha value is -2.92. The normalized spacial score (nSPS) is 10.4. The molecule has 4 nitrogen and oxygen atoms in total. The van der Waals surface area contributed by atoms with Gasteiger partial charge in [-0.3, -0.25) is 4.79 Å². The molecule has 3 aromatic rings. The van der Waals surface area contributed by atoms with Gasteiger partial charge in [0.05, 0.1) is 0 Å². The van der Waals surface area contributed by atoms with Crippen molar-refractivity contribution in [2.45, 2.75) is 16.7 Å². The van der Waals surface area contributed by atoms with E-state index >= 15 is 0 Å². The first-order valence-corrected chi connectivity index (χ1v) is 8.58. The highest BCUT2D eigenvalue weighted by Gasteiger charge is 2.11. The summed E-state index contributed by atoms with van der Waals surface area (Å²) in [5.41, 5.74) is 9.00. The third-order valence-corrected chi connectivity index (χ3v) is 4.79. The Kier molecular flexibility index (Phi) is 4.95. The highest BCUT2D eigenvalue weighted by molar-refractivity contribution is 7.99. The average molecular weight is 350 g/mol. The number of aryl methyl sites for hydroxylation is 1. The first kappa shape index (κ1) is 16.9. The molecule has 0 saturated heterocycles. The van der Waals surface area contributed by atoms with E-state index in [2.05, 4.69) is 5.32 Å². The number of aromatic hydroxyl groups is 1. The predicted molar refractivity (Wildman–Crippen MR) is 102 cm³/mol. The number of amides is 1. The topological polar surface area (TPSA) is 75.3 Å². The van der Waals surface area contributed by atoms with Gasteiger partial charge in [0.25, 0.3) is 5.91 Å². The maximum absolute atomic E-state index is 12.4. The fourth-order valence-corrected chi connectivity index (χ4v) is 3.24. The fraction of sp³-hybridized carbons (Fsp3) is 0.0500. The van der Waals surface area contributed by atoms with E-state index in [-0.39, 0.29) is 11.7 Å². The van der Waals surface area contributed by atoms with Crippen LogP contribution in [0, 0.1) is 6.92 Å². The third kappa shape index (κ3) is 4.14. The number of hydrogen-bond acceptors (Lipinski definition) is 4. The van der Waals surface area contributed by atoms with E-state index in [0.29, 0.717) is 11.3 Å². The number of carbonyl (C=O) groups is 1. The summed E-state index contributed by atoms with van der Waals surface area (Å²) >= 11 is 1.48. The van der Waals surface area contributed by atoms with Crippen molar-refractivity contribution >= 4 is 29.0 Å². The second-order valence-corrected chi connectivity index (χ2v) is 6.74. The van der Waals surface area contributed by atoms with Crippen molar-refractivity contribution in [2.75, 3.05) is 11.1 Å². The standard InChI is InChI=1S/C20H18N2O2S/c1-13-11-17(21)19(25-16-9-7-15(23)8-10-16)12-18(13)22-20(24)14-5-3-2-4-6-14/h2-12,23H,21H2,1H3,(H,22,24). The van der Waals surface area contributed by atoms with Crippen molar-refractivity contribution in [1.82, 2.24) is 0 Å². The summed E-state index contributed by atoms with van der Waals surface area (Å²) in [4.78, 5) is 14.2. The van der Waals surface area contributed by atoms with Gasteiger partial charge in [-0.05, 0) is 61.0 Å². The number of nitrogens with one attached hydrogen (secondary N) is 1. The molecule has 0 heterocycles. The average Bonchev–Trinajstić information content (AvgIpc) is 2.61. The van der Waals surface area contributed by atoms with Gasteiger partial charge >= 0.3 is 0 Å². The molecule has 5 heteroatoms. The van der Waals surface area contributed by atoms with Crippen molar-refractivity contribution in [1.29, 1.82) is 0 Å². The smallest absolute Gasteiger partial charge is 0.255 e. The first-order chi connectivity index (χ1) is 12.0. The van der Waals surface area contributed by atoms with Gasteiger partial charge in [-0.15, -0.1) is 0 Å². The molecule has 25 heavy (non-hydrogen) atoms. The van der Waals surface area contributed by atoms with Gasteiger partial charge in [-0.25, -0.2) is 0 Å². The lowest BCUT2D eigenvalue weighted by Crippen LogP contribution is -2.13. The molecule has 0 saturated carbocycles. The minimum absolute atomic E-state index is 0.158. The van der Waals surface area contributed by atoms with Gasteiger partial charge in [-0.2, -0.15) is 0 Å². The minimum Gasteiger partial charge on any atom is -0.508 e. The highest BCUT2D eigenvalue weighted by Crippen LogP contribution is 2.36. The molecule has 4 N–H and O–H groups in total. The van der Waals surface area contributed by atoms with Crippen LogP contribution in [0.1, 0.15) is 15.9 Å². The summed E-state index contributed by atoms with van der Waals surface area (Å²) in [5.74, 6) is 0.0612. The number of hydrogen-bond donors (Lipinski definition) is 3. The Labute approximate surface area is 150 Å². The number of nitrogens with two attached hydrogens (primary N) is 1. The number of carbonyl (C=O) groups excluding carboxylic acids is 1. The lowest BCUT2D eigenvalue weighted by atomic mass is 10.1. The zero-order valence-electron chi connectivity index (χ0n) is 13.7. The van der Waals surface area contributed by atoms with Crippen LogP contribution in [0.2, 0.25) is 0 Å². The summed E-state index contributed by atoms with van der Waals surface area (Å²) < 4.78 is 0. The van der Waals surface area contributed by atoms with Crippen LogP contribution >= 0.6 is 11.8 Å². The number of rotatable bonds is 4. The van der Waals surface area contributed by atoms with Crippen molar-refractivity contribution in [2.24, 2.45) is 0 Å². The monoisotopic (exact) mass is 350 g/mol. The maximum atomic E-state index is 12.4. The van der Waals surface area contributed by atoms with E-state index in [9.17, 15) is 9.90 Å². The maximum Gasteiger partial charge on any atom is 0.255 e. The van der Waals surface area contributed by atoms with Gasteiger partial charge in [0.1, 0.15) is 5.75 Å². The minimum atomic E-state index is -0.158. The van der Waals surface area contributed by atoms with Crippen LogP contribution in [0.3, 0.4) is 0 Å². The molecular weight excluding hydrogens is 332 g/mol. The molecule has 0 aliphatic heterocycles. The van der Waals surface area contributed by atoms with E-state index in [4.69, 9.17) is 5.73 Å². The van der Waals surface area contributed by atoms with E-state index in [0.717, 1.165) is 21.0 Å². The van der Waals surface area contributed by atoms with Gasteiger partial charge in [0.2, 0.25) is 0 Å². The molecular formula is C20H18N2O2S. The van der Waals surface area contributed by atoms with Crippen LogP contribution in [0.25, 0.3) is 0 Å². The zero-order chi connectivity index (χ0) is 17.8. The Bertz CT molecular complexity index is 894. The summed E-state index contributed by atoms with van der Waals surface area (Å²) in [6.45, 7) is 1.91. The van der Waals surface area contributed by atoms with Gasteiger partial charge in [-0.1, -0.05) is 30.0 Å². The number of nitrogen functional groups attached to an aromatic ring is 1. The fourth-order valence-electron chi connectivity index (χ4n) is 2.36. The highest BCUT2D eigenvalue weighted by atomic mass is 32.2. The van der Waals surface area contributed by atoms with E-state index in [1.54, 1.807) is 24.3 Å². The molecule has 0 aromatic heterocycles. The second-order valence-electron chi connectivity index (χ2n) is 5.62. The number of phenols is 1. The second kappa shape index (κ2) is 7.32. The van der Waals surface area contributed by atoms with Gasteiger partial charge < -0.3 is 16.2 Å². The molecule has 0 spiro atoms. The molecule has 3 aromatic carbocycles. The van der Waals surface area contributed by atoms with E-state index in [1.165, 1.54) is 11.8 Å². The third-order valence-electron chi connectivity index (χ3n) is 3.71. The number of phenolic OH excluding ortho intramolecular Hbond substituents is 1. The van der Waals surface area contributed by atoms with Crippen LogP contribution in [0.15, 0.2) is 76.5 Å². The molecule has 0 fully saturated rings. The SMILES string of the molecule is Cc1cc(N)c(Sc2ccc(O)cc2)cc1NC(=O)c1ccccc1. The molecule has 0 aliphatic rings. The lowest BCUT2D eigenvalue weighted by molar-refractivity contribution is 0.102. The van der Waals surface area contributed by atoms with Crippen LogP contribution in [0.4, 0.5) is 11.4 Å². The first-order valence-electron chi connectivity index (χ1n) is 7.76. The summed E-state index contributed by atoms with van der Waals surface area (Å²) in [7, 11) is 0. The molecule has 0 radical (unpaired) electrons. The van der Waals surface area contributed by atoms with Crippen LogP contribution in [0.5, 0.6) is 5.75 Å². The van der Waals surface area contributed by atoms with Crippen LogP contribution < -0.4 is 11.1 Å². The van der Waals surface area contributed by atoms with Crippen molar-refractivity contribution < 1.29 is 9.90 Å². The molecule has 0 bridgehead atoms. The molecule has 3 rings (SSSR count). The van der Waals surface area contributed by atoms with Crippen LogP contribution in [-0.4, -0.2) is 11.0 Å². The van der Waals surface area contributed by atoms with Crippen molar-refractivity contribution in [3.05, 3.63) is 77.9 Å². The summed E-state index contributed by atoms with van der Waals surface area (Å²) in [6, 6.07) is 19.7. The lowest BCUT2D eigenvalue weighted by Gasteiger charge is -2.13. The van der Waals surface area contributed by atoms with Crippen molar-refractivity contribution in [3.63, 3.8) is 0 Å². The molecule has 0 aliphatic carbocycles. The largest absolute Gasteiger partial charge is 0.508 e. The Morgan fingerprint density at radius 1 is 1.04 bits per heavy atom. The molecule has 0 unspecified atom stereocenters. The number of benzene rings is 3. The van der Waals surface area contributed by atoms with Gasteiger partial charge in [0.15, 0.2) is 0 Å². The Morgan fingerprint density at radius 2 is 1.72 bits per heavy atom. The van der Waals surface area contributed by atoms with Gasteiger partial charge in [0, 0.05) is 26.7 Å². The number of anilines is 2. The predicted octanol–water partition coefficient (Wildman–Crippen LogP) is 4.69. The Balaban J connectivity index is 1.85. The van der Waals surface area contributed by atoms with E-state index < -0.39 is 0 Å². The Morgan fingerprint density at radius 3 is 2.40 bits per heavy atom. The van der Waals surface area contributed by atoms with Crippen LogP contribution in [-0.2, 0) is 0 Å². The zero-order valence-corrected chi connectivity index (χ0v) is 14.5. The molecule has 126 valence electrons. The van der Waals surface area contributed by atoms with E-state index in [1.807, 2.05) is 49.4 Å². The molecule has 1 amide bonds.